The third-order valence-electron chi connectivity index (χ3n) is 10.2. The Morgan fingerprint density at radius 1 is 0.893 bits per heavy atom. The minimum Gasteiger partial charge on any atom is -0.393 e. The topological polar surface area (TPSA) is 40.5 Å². The van der Waals surface area contributed by atoms with E-state index in [0.717, 1.165) is 51.4 Å². The molecule has 0 aliphatic heterocycles. The summed E-state index contributed by atoms with van der Waals surface area (Å²) in [6.45, 7) is 6.28. The van der Waals surface area contributed by atoms with Crippen LogP contribution in [0.1, 0.15) is 78.6 Å². The van der Waals surface area contributed by atoms with Crippen molar-refractivity contribution in [2.75, 3.05) is 0 Å². The van der Waals surface area contributed by atoms with Gasteiger partial charge >= 0.3 is 6.18 Å². The first-order chi connectivity index (χ1) is 13.0. The summed E-state index contributed by atoms with van der Waals surface area (Å²) in [7, 11) is 0. The van der Waals surface area contributed by atoms with Crippen LogP contribution < -0.4 is 0 Å². The van der Waals surface area contributed by atoms with Gasteiger partial charge in [-0.2, -0.15) is 13.2 Å². The predicted molar refractivity (Wildman–Crippen MR) is 102 cm³/mol. The lowest BCUT2D eigenvalue weighted by Crippen LogP contribution is -2.54. The molecule has 4 saturated carbocycles. The molecule has 0 aromatic heterocycles. The number of aliphatic hydroxyl groups is 2. The molecule has 4 aliphatic carbocycles. The fourth-order valence-corrected chi connectivity index (χ4v) is 8.66. The van der Waals surface area contributed by atoms with Crippen molar-refractivity contribution < 1.29 is 23.4 Å². The van der Waals surface area contributed by atoms with E-state index in [2.05, 4.69) is 13.8 Å². The summed E-state index contributed by atoms with van der Waals surface area (Å²) in [6.07, 6.45) is 2.29. The third-order valence-corrected chi connectivity index (χ3v) is 10.2. The molecule has 2 N–H and O–H groups in total. The van der Waals surface area contributed by atoms with Gasteiger partial charge in [0.2, 0.25) is 0 Å². The monoisotopic (exact) mass is 402 g/mol. The van der Waals surface area contributed by atoms with Crippen LogP contribution in [0.3, 0.4) is 0 Å². The molecule has 4 aliphatic rings. The van der Waals surface area contributed by atoms with Gasteiger partial charge in [0.25, 0.3) is 0 Å². The maximum atomic E-state index is 13.2. The van der Waals surface area contributed by atoms with Crippen LogP contribution >= 0.6 is 0 Å². The molecule has 0 spiro atoms. The van der Waals surface area contributed by atoms with Gasteiger partial charge in [-0.05, 0) is 104 Å². The van der Waals surface area contributed by atoms with Gasteiger partial charge in [-0.25, -0.2) is 0 Å². The fourth-order valence-electron chi connectivity index (χ4n) is 8.66. The lowest BCUT2D eigenvalue weighted by Gasteiger charge is -2.61. The molecule has 4 fully saturated rings. The second-order valence-electron chi connectivity index (χ2n) is 11.2. The molecule has 0 aromatic carbocycles. The number of hydrogen-bond acceptors (Lipinski definition) is 2. The van der Waals surface area contributed by atoms with Crippen molar-refractivity contribution in [1.82, 2.24) is 0 Å². The first kappa shape index (κ1) is 21.0. The molecule has 28 heavy (non-hydrogen) atoms. The fraction of sp³-hybridized carbons (Fsp3) is 1.00. The highest BCUT2D eigenvalue weighted by Gasteiger charge is 2.62. The second kappa shape index (κ2) is 6.87. The number of rotatable bonds is 2. The van der Waals surface area contributed by atoms with Crippen molar-refractivity contribution in [3.05, 3.63) is 0 Å². The van der Waals surface area contributed by atoms with Crippen molar-refractivity contribution >= 4 is 0 Å². The van der Waals surface area contributed by atoms with E-state index in [-0.39, 0.29) is 17.4 Å². The van der Waals surface area contributed by atoms with Crippen LogP contribution in [-0.2, 0) is 0 Å². The van der Waals surface area contributed by atoms with Crippen molar-refractivity contribution in [1.29, 1.82) is 0 Å². The smallest absolute Gasteiger partial charge is 0.393 e. The van der Waals surface area contributed by atoms with Crippen molar-refractivity contribution in [2.24, 2.45) is 46.3 Å². The van der Waals surface area contributed by atoms with Crippen molar-refractivity contribution in [3.8, 4) is 0 Å². The number of aliphatic hydroxyl groups excluding tert-OH is 2. The minimum atomic E-state index is -4.53. The highest BCUT2D eigenvalue weighted by atomic mass is 19.4. The van der Waals surface area contributed by atoms with Crippen molar-refractivity contribution in [2.45, 2.75) is 96.9 Å². The molecule has 5 heteroatoms. The Morgan fingerprint density at radius 2 is 1.54 bits per heavy atom. The van der Waals surface area contributed by atoms with Gasteiger partial charge < -0.3 is 10.2 Å². The van der Waals surface area contributed by atoms with Gasteiger partial charge in [0, 0.05) is 0 Å². The Bertz CT molecular complexity index is 593. The van der Waals surface area contributed by atoms with E-state index in [1.807, 2.05) is 0 Å². The van der Waals surface area contributed by atoms with E-state index in [0.29, 0.717) is 29.1 Å². The second-order valence-corrected chi connectivity index (χ2v) is 11.2. The van der Waals surface area contributed by atoms with Gasteiger partial charge in [0.05, 0.1) is 6.10 Å². The minimum absolute atomic E-state index is 0.0474. The third kappa shape index (κ3) is 3.05. The molecule has 0 heterocycles. The molecular weight excluding hydrogens is 365 g/mol. The molecule has 0 aromatic rings. The maximum absolute atomic E-state index is 13.2. The van der Waals surface area contributed by atoms with Crippen LogP contribution in [0.4, 0.5) is 13.2 Å². The molecular formula is C23H37F3O2. The van der Waals surface area contributed by atoms with Crippen LogP contribution in [-0.4, -0.2) is 28.6 Å². The normalized spacial score (nSPS) is 51.0. The molecule has 0 saturated heterocycles. The van der Waals surface area contributed by atoms with Crippen LogP contribution in [0.25, 0.3) is 0 Å². The standard InChI is InChI=1S/C23H37F3O2/c1-13(20(28)23(24,25)26)17-6-7-18-16-5-4-14-12-15(27)8-10-21(14,2)19(16)9-11-22(17,18)3/h13-20,27-28H,4-12H2,1-3H3/t13-,14+,15+,16-,17+,18-,19-,20-,21-,22+/m0/s1. The van der Waals surface area contributed by atoms with E-state index in [4.69, 9.17) is 0 Å². The summed E-state index contributed by atoms with van der Waals surface area (Å²) in [5.41, 5.74) is 0.211. The first-order valence-corrected chi connectivity index (χ1v) is 11.4. The van der Waals surface area contributed by atoms with Crippen LogP contribution in [0.2, 0.25) is 0 Å². The molecule has 4 rings (SSSR count). The van der Waals surface area contributed by atoms with Gasteiger partial charge in [0.1, 0.15) is 0 Å². The Hall–Kier alpha value is -0.290. The largest absolute Gasteiger partial charge is 0.414 e. The first-order valence-electron chi connectivity index (χ1n) is 11.4. The molecule has 0 bridgehead atoms. The predicted octanol–water partition coefficient (Wildman–Crippen LogP) is 5.57. The Kier molecular flexibility index (Phi) is 5.14. The molecule has 2 nitrogen and oxygen atoms in total. The average molecular weight is 403 g/mol. The molecule has 0 amide bonds. The van der Waals surface area contributed by atoms with E-state index < -0.39 is 18.2 Å². The molecule has 0 radical (unpaired) electrons. The Morgan fingerprint density at radius 3 is 2.21 bits per heavy atom. The summed E-state index contributed by atoms with van der Waals surface area (Å²) in [5, 5.41) is 20.1. The van der Waals surface area contributed by atoms with E-state index >= 15 is 0 Å². The number of hydrogen-bond donors (Lipinski definition) is 2. The zero-order valence-electron chi connectivity index (χ0n) is 17.5. The van der Waals surface area contributed by atoms with Gasteiger partial charge in [-0.15, -0.1) is 0 Å². The van der Waals surface area contributed by atoms with Gasteiger partial charge in [-0.1, -0.05) is 20.8 Å². The molecule has 162 valence electrons. The molecule has 10 atom stereocenters. The summed E-state index contributed by atoms with van der Waals surface area (Å²) in [6, 6.07) is 0. The average Bonchev–Trinajstić information content (AvgIpc) is 2.97. The van der Waals surface area contributed by atoms with E-state index in [9.17, 15) is 23.4 Å². The highest BCUT2D eigenvalue weighted by Crippen LogP contribution is 2.68. The zero-order chi connectivity index (χ0) is 20.5. The van der Waals surface area contributed by atoms with Gasteiger partial charge in [-0.3, -0.25) is 0 Å². The number of halogens is 3. The maximum Gasteiger partial charge on any atom is 0.414 e. The van der Waals surface area contributed by atoms with Crippen molar-refractivity contribution in [3.63, 3.8) is 0 Å². The van der Waals surface area contributed by atoms with Crippen LogP contribution in [0.5, 0.6) is 0 Å². The Balaban J connectivity index is 1.55. The lowest BCUT2D eigenvalue weighted by atomic mass is 9.44. The highest BCUT2D eigenvalue weighted by molar-refractivity contribution is 5.10. The molecule has 0 unspecified atom stereocenters. The summed E-state index contributed by atoms with van der Waals surface area (Å²) < 4.78 is 39.5. The quantitative estimate of drug-likeness (QED) is 0.634. The van der Waals surface area contributed by atoms with Crippen LogP contribution in [0.15, 0.2) is 0 Å². The van der Waals surface area contributed by atoms with E-state index in [1.165, 1.54) is 6.42 Å². The summed E-state index contributed by atoms with van der Waals surface area (Å²) in [5.74, 6) is 1.57. The summed E-state index contributed by atoms with van der Waals surface area (Å²) >= 11 is 0. The SMILES string of the molecule is C[C@@H]([C@H]1CC[C@H]2[C@@H]3CC[C@@H]4C[C@H](O)CC[C@]4(C)[C@H]3CC[C@]12C)[C@H](O)C(F)(F)F. The Labute approximate surface area is 167 Å². The summed E-state index contributed by atoms with van der Waals surface area (Å²) in [4.78, 5) is 0. The van der Waals surface area contributed by atoms with E-state index in [1.54, 1.807) is 6.92 Å². The van der Waals surface area contributed by atoms with Crippen LogP contribution in [0, 0.1) is 46.3 Å². The van der Waals surface area contributed by atoms with Gasteiger partial charge in [0.15, 0.2) is 6.10 Å². The lowest BCUT2D eigenvalue weighted by molar-refractivity contribution is -0.228. The number of fused-ring (bicyclic) bond motifs is 5. The zero-order valence-corrected chi connectivity index (χ0v) is 17.5. The number of alkyl halides is 3.